The summed E-state index contributed by atoms with van der Waals surface area (Å²) in [5.74, 6) is -0.213. The Morgan fingerprint density at radius 1 is 1.47 bits per heavy atom. The molecule has 0 fully saturated rings. The highest BCUT2D eigenvalue weighted by Crippen LogP contribution is 2.18. The lowest BCUT2D eigenvalue weighted by Crippen LogP contribution is -2.22. The number of rotatable bonds is 4. The van der Waals surface area contributed by atoms with Crippen molar-refractivity contribution in [3.05, 3.63) is 40.1 Å². The molecule has 0 aliphatic heterocycles. The van der Waals surface area contributed by atoms with Crippen molar-refractivity contribution in [2.45, 2.75) is 19.9 Å². The molecule has 0 saturated carbocycles. The van der Waals surface area contributed by atoms with E-state index in [1.807, 2.05) is 12.2 Å². The fraction of sp³-hybridized carbons (Fsp3) is 0.333. The molecule has 3 heteroatoms. The van der Waals surface area contributed by atoms with Crippen molar-refractivity contribution in [3.63, 3.8) is 0 Å². The van der Waals surface area contributed by atoms with Gasteiger partial charge in [0.2, 0.25) is 0 Å². The first-order valence-electron chi connectivity index (χ1n) is 4.94. The van der Waals surface area contributed by atoms with Gasteiger partial charge in [-0.2, -0.15) is 0 Å². The molecule has 0 unspecified atom stereocenters. The van der Waals surface area contributed by atoms with Crippen molar-refractivity contribution < 1.29 is 4.39 Å². The van der Waals surface area contributed by atoms with Crippen LogP contribution in [0.4, 0.5) is 4.39 Å². The smallest absolute Gasteiger partial charge is 0.123 e. The predicted molar refractivity (Wildman–Crippen MR) is 66.3 cm³/mol. The Morgan fingerprint density at radius 3 is 2.87 bits per heavy atom. The van der Waals surface area contributed by atoms with Gasteiger partial charge >= 0.3 is 0 Å². The topological polar surface area (TPSA) is 12.0 Å². The molecule has 1 aromatic rings. The molecule has 0 radical (unpaired) electrons. The molecule has 0 atom stereocenters. The Labute approximate surface area is 98.5 Å². The largest absolute Gasteiger partial charge is 0.311 e. The molecule has 0 amide bonds. The summed E-state index contributed by atoms with van der Waals surface area (Å²) < 4.78 is 13.8. The van der Waals surface area contributed by atoms with Crippen LogP contribution in [0.5, 0.6) is 0 Å². The monoisotopic (exact) mass is 271 g/mol. The van der Waals surface area contributed by atoms with E-state index in [2.05, 4.69) is 35.1 Å². The van der Waals surface area contributed by atoms with E-state index in [0.29, 0.717) is 6.04 Å². The minimum atomic E-state index is -0.213. The zero-order chi connectivity index (χ0) is 11.3. The Bertz CT molecular complexity index is 347. The second-order valence-corrected chi connectivity index (χ2v) is 4.49. The lowest BCUT2D eigenvalue weighted by molar-refractivity contribution is 0.627. The molecule has 0 aliphatic carbocycles. The average Bonchev–Trinajstić information content (AvgIpc) is 2.17. The number of hydrogen-bond acceptors (Lipinski definition) is 1. The zero-order valence-electron chi connectivity index (χ0n) is 8.93. The van der Waals surface area contributed by atoms with Gasteiger partial charge in [0.05, 0.1) is 0 Å². The minimum absolute atomic E-state index is 0.213. The first-order chi connectivity index (χ1) is 7.09. The Hall–Kier alpha value is -0.670. The molecule has 1 aromatic carbocycles. The lowest BCUT2D eigenvalue weighted by atomic mass is 10.2. The van der Waals surface area contributed by atoms with Crippen LogP contribution in [0, 0.1) is 5.82 Å². The standard InChI is InChI=1S/C12H15BrFN/c1-9(2)15-7-3-4-10-8-11(14)5-6-12(10)13/h3-6,8-9,15H,7H2,1-2H3/b4-3+. The van der Waals surface area contributed by atoms with Gasteiger partial charge < -0.3 is 5.32 Å². The van der Waals surface area contributed by atoms with E-state index in [1.165, 1.54) is 12.1 Å². The van der Waals surface area contributed by atoms with Crippen molar-refractivity contribution in [2.75, 3.05) is 6.54 Å². The molecule has 0 bridgehead atoms. The van der Waals surface area contributed by atoms with Crippen LogP contribution in [0.2, 0.25) is 0 Å². The summed E-state index contributed by atoms with van der Waals surface area (Å²) in [4.78, 5) is 0. The molecule has 0 saturated heterocycles. The van der Waals surface area contributed by atoms with Gasteiger partial charge in [-0.15, -0.1) is 0 Å². The summed E-state index contributed by atoms with van der Waals surface area (Å²) in [6.07, 6.45) is 3.89. The maximum absolute atomic E-state index is 12.9. The third-order valence-corrected chi connectivity index (χ3v) is 2.62. The second-order valence-electron chi connectivity index (χ2n) is 3.63. The van der Waals surface area contributed by atoms with Crippen molar-refractivity contribution in [1.29, 1.82) is 0 Å². The Balaban J connectivity index is 2.59. The maximum atomic E-state index is 12.9. The average molecular weight is 272 g/mol. The third-order valence-electron chi connectivity index (χ3n) is 1.90. The van der Waals surface area contributed by atoms with Crippen LogP contribution in [-0.4, -0.2) is 12.6 Å². The van der Waals surface area contributed by atoms with Crippen LogP contribution in [0.15, 0.2) is 28.7 Å². The van der Waals surface area contributed by atoms with E-state index in [1.54, 1.807) is 6.07 Å². The molecular weight excluding hydrogens is 257 g/mol. The summed E-state index contributed by atoms with van der Waals surface area (Å²) in [5.41, 5.74) is 0.862. The summed E-state index contributed by atoms with van der Waals surface area (Å²) in [6, 6.07) is 5.12. The van der Waals surface area contributed by atoms with Crippen molar-refractivity contribution in [2.24, 2.45) is 0 Å². The number of benzene rings is 1. The van der Waals surface area contributed by atoms with Gasteiger partial charge in [0.15, 0.2) is 0 Å². The molecular formula is C12H15BrFN. The number of nitrogens with one attached hydrogen (secondary N) is 1. The van der Waals surface area contributed by atoms with Crippen LogP contribution in [0.1, 0.15) is 19.4 Å². The van der Waals surface area contributed by atoms with E-state index in [-0.39, 0.29) is 5.82 Å². The zero-order valence-corrected chi connectivity index (χ0v) is 10.5. The van der Waals surface area contributed by atoms with Crippen LogP contribution in [0.3, 0.4) is 0 Å². The Kier molecular flexibility index (Phi) is 4.99. The van der Waals surface area contributed by atoms with Crippen LogP contribution in [0.25, 0.3) is 6.08 Å². The highest BCUT2D eigenvalue weighted by molar-refractivity contribution is 9.10. The quantitative estimate of drug-likeness (QED) is 0.883. The molecule has 0 aliphatic rings. The number of halogens is 2. The molecule has 1 rings (SSSR count). The maximum Gasteiger partial charge on any atom is 0.123 e. The summed E-state index contributed by atoms with van der Waals surface area (Å²) in [7, 11) is 0. The SMILES string of the molecule is CC(C)NC/C=C/c1cc(F)ccc1Br. The Morgan fingerprint density at radius 2 is 2.20 bits per heavy atom. The minimum Gasteiger partial charge on any atom is -0.311 e. The predicted octanol–water partition coefficient (Wildman–Crippen LogP) is 3.60. The summed E-state index contributed by atoms with van der Waals surface area (Å²) in [5, 5.41) is 3.25. The third kappa shape index (κ3) is 4.58. The van der Waals surface area contributed by atoms with Gasteiger partial charge in [-0.25, -0.2) is 4.39 Å². The van der Waals surface area contributed by atoms with E-state index in [0.717, 1.165) is 16.6 Å². The van der Waals surface area contributed by atoms with Gasteiger partial charge in [0.1, 0.15) is 5.82 Å². The van der Waals surface area contributed by atoms with Gasteiger partial charge in [-0.1, -0.05) is 41.9 Å². The number of hydrogen-bond donors (Lipinski definition) is 1. The molecule has 82 valence electrons. The van der Waals surface area contributed by atoms with Crippen LogP contribution in [-0.2, 0) is 0 Å². The first kappa shape index (κ1) is 12.4. The molecule has 15 heavy (non-hydrogen) atoms. The van der Waals surface area contributed by atoms with Crippen molar-refractivity contribution in [1.82, 2.24) is 5.32 Å². The van der Waals surface area contributed by atoms with Gasteiger partial charge in [0.25, 0.3) is 0 Å². The molecule has 1 N–H and O–H groups in total. The van der Waals surface area contributed by atoms with Gasteiger partial charge in [-0.3, -0.25) is 0 Å². The summed E-state index contributed by atoms with van der Waals surface area (Å²) in [6.45, 7) is 4.97. The highest BCUT2D eigenvalue weighted by Gasteiger charge is 1.97. The van der Waals surface area contributed by atoms with Crippen molar-refractivity contribution in [3.8, 4) is 0 Å². The van der Waals surface area contributed by atoms with E-state index in [9.17, 15) is 4.39 Å². The van der Waals surface area contributed by atoms with Gasteiger partial charge in [-0.05, 0) is 23.8 Å². The molecule has 0 spiro atoms. The second kappa shape index (κ2) is 6.03. The fourth-order valence-corrected chi connectivity index (χ4v) is 1.51. The lowest BCUT2D eigenvalue weighted by Gasteiger charge is -2.03. The molecule has 0 heterocycles. The van der Waals surface area contributed by atoms with Crippen LogP contribution >= 0.6 is 15.9 Å². The van der Waals surface area contributed by atoms with Crippen LogP contribution < -0.4 is 5.32 Å². The molecule has 0 aromatic heterocycles. The van der Waals surface area contributed by atoms with Gasteiger partial charge in [0, 0.05) is 17.1 Å². The molecule has 1 nitrogen and oxygen atoms in total. The van der Waals surface area contributed by atoms with E-state index >= 15 is 0 Å². The normalized spacial score (nSPS) is 11.5. The first-order valence-corrected chi connectivity index (χ1v) is 5.74. The highest BCUT2D eigenvalue weighted by atomic mass is 79.9. The van der Waals surface area contributed by atoms with E-state index in [4.69, 9.17) is 0 Å². The fourth-order valence-electron chi connectivity index (χ4n) is 1.13. The summed E-state index contributed by atoms with van der Waals surface area (Å²) >= 11 is 3.37. The van der Waals surface area contributed by atoms with Crippen molar-refractivity contribution >= 4 is 22.0 Å². The van der Waals surface area contributed by atoms with E-state index < -0.39 is 0 Å².